The first-order valence-electron chi connectivity index (χ1n) is 27.0. The van der Waals surface area contributed by atoms with Crippen LogP contribution in [0.3, 0.4) is 0 Å². The second-order valence-electron chi connectivity index (χ2n) is 19.4. The molecule has 0 aromatic rings. The predicted octanol–water partition coefficient (Wildman–Crippen LogP) is 14.0. The van der Waals surface area contributed by atoms with Crippen molar-refractivity contribution in [2.75, 3.05) is 72.6 Å². The SMILES string of the molecule is CCCCCCCCCCC(CCCCCCCC)COC(=O)CCN(CCC(O)OCC(CCCCCCCC)CCCCCCCCCC)CCN1CCN(C)CC1. The number of unbranched alkanes of at least 4 members (excludes halogenated alkanes) is 24. The third-order valence-electron chi connectivity index (χ3n) is 13.5. The van der Waals surface area contributed by atoms with Crippen LogP contribution >= 0.6 is 0 Å². The van der Waals surface area contributed by atoms with E-state index >= 15 is 0 Å². The molecule has 7 nitrogen and oxygen atoms in total. The van der Waals surface area contributed by atoms with Crippen LogP contribution in [0.2, 0.25) is 0 Å². The number of nitrogens with zero attached hydrogens (tertiary/aromatic N) is 3. The van der Waals surface area contributed by atoms with Gasteiger partial charge in [-0.05, 0) is 44.6 Å². The Balaban J connectivity index is 2.66. The van der Waals surface area contributed by atoms with E-state index in [0.717, 1.165) is 45.8 Å². The van der Waals surface area contributed by atoms with E-state index in [9.17, 15) is 9.90 Å². The van der Waals surface area contributed by atoms with Crippen molar-refractivity contribution in [3.63, 3.8) is 0 Å². The lowest BCUT2D eigenvalue weighted by molar-refractivity contribution is -0.145. The van der Waals surface area contributed by atoms with Gasteiger partial charge in [0.1, 0.15) is 0 Å². The smallest absolute Gasteiger partial charge is 0.307 e. The zero-order chi connectivity index (χ0) is 43.6. The topological polar surface area (TPSA) is 65.5 Å². The zero-order valence-electron chi connectivity index (χ0n) is 41.4. The number of rotatable bonds is 46. The highest BCUT2D eigenvalue weighted by molar-refractivity contribution is 5.69. The predicted molar refractivity (Wildman–Crippen MR) is 260 cm³/mol. The Labute approximate surface area is 375 Å². The molecule has 1 fully saturated rings. The van der Waals surface area contributed by atoms with Crippen LogP contribution in [0.4, 0.5) is 0 Å². The molecule has 1 aliphatic heterocycles. The number of hydrogen-bond donors (Lipinski definition) is 1. The molecule has 1 saturated heterocycles. The summed E-state index contributed by atoms with van der Waals surface area (Å²) in [5.41, 5.74) is 0. The molecule has 1 aliphatic rings. The van der Waals surface area contributed by atoms with Crippen molar-refractivity contribution in [1.29, 1.82) is 0 Å². The Morgan fingerprint density at radius 3 is 1.30 bits per heavy atom. The molecule has 7 heteroatoms. The summed E-state index contributed by atoms with van der Waals surface area (Å²) < 4.78 is 12.3. The second-order valence-corrected chi connectivity index (χ2v) is 19.4. The molecule has 3 atom stereocenters. The van der Waals surface area contributed by atoms with E-state index in [0.29, 0.717) is 44.4 Å². The van der Waals surface area contributed by atoms with Crippen molar-refractivity contribution in [2.45, 2.75) is 252 Å². The van der Waals surface area contributed by atoms with E-state index in [1.165, 1.54) is 205 Å². The number of aliphatic hydroxyl groups excluding tert-OH is 1. The highest BCUT2D eigenvalue weighted by Crippen LogP contribution is 2.22. The van der Waals surface area contributed by atoms with Crippen molar-refractivity contribution in [3.05, 3.63) is 0 Å². The number of ether oxygens (including phenoxy) is 2. The Morgan fingerprint density at radius 2 is 0.883 bits per heavy atom. The number of carbonyl (C=O) groups excluding carboxylic acids is 1. The number of esters is 1. The van der Waals surface area contributed by atoms with Crippen LogP contribution in [0.15, 0.2) is 0 Å². The third-order valence-corrected chi connectivity index (χ3v) is 13.5. The van der Waals surface area contributed by atoms with Gasteiger partial charge in [0.25, 0.3) is 0 Å². The molecule has 0 saturated carbocycles. The van der Waals surface area contributed by atoms with Crippen LogP contribution in [0, 0.1) is 11.8 Å². The van der Waals surface area contributed by atoms with Crippen LogP contribution in [0.25, 0.3) is 0 Å². The fraction of sp³-hybridized carbons (Fsp3) is 0.981. The maximum Gasteiger partial charge on any atom is 0.307 e. The molecule has 1 rings (SSSR count). The Kier molecular flexibility index (Phi) is 41.5. The Bertz CT molecular complexity index is 884. The fourth-order valence-corrected chi connectivity index (χ4v) is 9.03. The molecule has 1 N–H and O–H groups in total. The summed E-state index contributed by atoms with van der Waals surface area (Å²) in [5, 5.41) is 11.1. The van der Waals surface area contributed by atoms with Gasteiger partial charge in [0, 0.05) is 58.8 Å². The highest BCUT2D eigenvalue weighted by Gasteiger charge is 2.19. The van der Waals surface area contributed by atoms with E-state index in [4.69, 9.17) is 9.47 Å². The van der Waals surface area contributed by atoms with Gasteiger partial charge in [0.15, 0.2) is 6.29 Å². The molecule has 60 heavy (non-hydrogen) atoms. The summed E-state index contributed by atoms with van der Waals surface area (Å²) in [6, 6.07) is 0. The summed E-state index contributed by atoms with van der Waals surface area (Å²) in [6.07, 6.45) is 42.4. The lowest BCUT2D eigenvalue weighted by Crippen LogP contribution is -2.47. The van der Waals surface area contributed by atoms with Gasteiger partial charge in [0.05, 0.1) is 19.6 Å². The maximum absolute atomic E-state index is 13.3. The summed E-state index contributed by atoms with van der Waals surface area (Å²) in [5.74, 6) is 0.967. The molecule has 0 spiro atoms. The lowest BCUT2D eigenvalue weighted by atomic mass is 9.94. The van der Waals surface area contributed by atoms with Gasteiger partial charge in [0.2, 0.25) is 0 Å². The molecule has 0 amide bonds. The molecule has 0 aromatic heterocycles. The second kappa shape index (κ2) is 43.5. The van der Waals surface area contributed by atoms with Crippen LogP contribution in [-0.2, 0) is 14.3 Å². The summed E-state index contributed by atoms with van der Waals surface area (Å²) in [7, 11) is 2.21. The lowest BCUT2D eigenvalue weighted by Gasteiger charge is -2.34. The molecule has 1 heterocycles. The van der Waals surface area contributed by atoms with Gasteiger partial charge in [-0.1, -0.05) is 207 Å². The van der Waals surface area contributed by atoms with Gasteiger partial charge in [-0.25, -0.2) is 0 Å². The number of likely N-dealkylation sites (N-methyl/N-ethyl adjacent to an activating group) is 1. The number of hydrogen-bond acceptors (Lipinski definition) is 7. The summed E-state index contributed by atoms with van der Waals surface area (Å²) >= 11 is 0. The van der Waals surface area contributed by atoms with Crippen molar-refractivity contribution >= 4 is 5.97 Å². The Morgan fingerprint density at radius 1 is 0.500 bits per heavy atom. The van der Waals surface area contributed by atoms with E-state index < -0.39 is 6.29 Å². The van der Waals surface area contributed by atoms with Gasteiger partial charge in [-0.3, -0.25) is 9.69 Å². The Hall–Kier alpha value is -0.730. The van der Waals surface area contributed by atoms with Crippen LogP contribution in [0.5, 0.6) is 0 Å². The van der Waals surface area contributed by atoms with Crippen molar-refractivity contribution in [2.24, 2.45) is 11.8 Å². The van der Waals surface area contributed by atoms with Gasteiger partial charge in [-0.15, -0.1) is 0 Å². The number of piperazine rings is 1. The average Bonchev–Trinajstić information content (AvgIpc) is 3.25. The first kappa shape index (κ1) is 57.3. The monoisotopic (exact) mass is 850 g/mol. The zero-order valence-corrected chi connectivity index (χ0v) is 41.4. The molecule has 0 aliphatic carbocycles. The summed E-state index contributed by atoms with van der Waals surface area (Å²) in [4.78, 5) is 20.6. The van der Waals surface area contributed by atoms with E-state index in [1.54, 1.807) is 0 Å². The molecule has 0 aromatic carbocycles. The molecule has 3 unspecified atom stereocenters. The minimum Gasteiger partial charge on any atom is -0.465 e. The van der Waals surface area contributed by atoms with Crippen LogP contribution in [0.1, 0.15) is 246 Å². The minimum absolute atomic E-state index is 0.0567. The van der Waals surface area contributed by atoms with E-state index in [-0.39, 0.29) is 5.97 Å². The first-order valence-corrected chi connectivity index (χ1v) is 27.0. The van der Waals surface area contributed by atoms with E-state index in [2.05, 4.69) is 49.4 Å². The van der Waals surface area contributed by atoms with Gasteiger partial charge < -0.3 is 24.4 Å². The largest absolute Gasteiger partial charge is 0.465 e. The molecule has 0 radical (unpaired) electrons. The highest BCUT2D eigenvalue weighted by atomic mass is 16.6. The number of aliphatic hydroxyl groups is 1. The first-order chi connectivity index (χ1) is 29.4. The maximum atomic E-state index is 13.3. The normalized spacial score (nSPS) is 15.5. The van der Waals surface area contributed by atoms with Crippen LogP contribution < -0.4 is 0 Å². The van der Waals surface area contributed by atoms with Gasteiger partial charge in [-0.2, -0.15) is 0 Å². The van der Waals surface area contributed by atoms with E-state index in [1.807, 2.05) is 0 Å². The molecular weight excluding hydrogens is 743 g/mol. The van der Waals surface area contributed by atoms with Crippen molar-refractivity contribution < 1.29 is 19.4 Å². The minimum atomic E-state index is -0.757. The molecular formula is C53H107N3O4. The van der Waals surface area contributed by atoms with Crippen LogP contribution in [-0.4, -0.2) is 105 Å². The molecule has 0 bridgehead atoms. The third kappa shape index (κ3) is 36.7. The number of carbonyl (C=O) groups is 1. The summed E-state index contributed by atoms with van der Waals surface area (Å²) in [6.45, 7) is 18.1. The fourth-order valence-electron chi connectivity index (χ4n) is 9.03. The van der Waals surface area contributed by atoms with Crippen molar-refractivity contribution in [1.82, 2.24) is 14.7 Å². The quantitative estimate of drug-likeness (QED) is 0.0372. The van der Waals surface area contributed by atoms with Gasteiger partial charge >= 0.3 is 5.97 Å². The standard InChI is InChI=1S/C53H107N3O4/c1-6-10-14-18-22-24-28-32-36-50(34-30-26-20-16-12-8-3)48-59-52(57)38-40-55(46-47-56-44-42-54(5)43-45-56)41-39-53(58)60-49-51(35-31-27-21-17-13-9-4)37-33-29-25-23-19-15-11-7-2/h50-52,57H,6-49H2,1-5H3. The van der Waals surface area contributed by atoms with Crippen molar-refractivity contribution in [3.8, 4) is 0 Å². The molecule has 358 valence electrons. The average molecular weight is 850 g/mol.